The largest absolute Gasteiger partial charge is 0.497 e. The number of urea groups is 1. The van der Waals surface area contributed by atoms with Gasteiger partial charge in [0, 0.05) is 37.5 Å². The molecule has 1 aromatic heterocycles. The maximum Gasteiger partial charge on any atom is 0.317 e. The number of likely N-dealkylation sites (tertiary alicyclic amines) is 1. The second-order valence-electron chi connectivity index (χ2n) is 8.95. The first kappa shape index (κ1) is 24.3. The van der Waals surface area contributed by atoms with Crippen molar-refractivity contribution in [2.24, 2.45) is 0 Å². The molecule has 2 heterocycles. The van der Waals surface area contributed by atoms with E-state index < -0.39 is 0 Å². The van der Waals surface area contributed by atoms with Crippen molar-refractivity contribution >= 4 is 23.3 Å². The van der Waals surface area contributed by atoms with Gasteiger partial charge < -0.3 is 20.3 Å². The number of allylic oxidation sites excluding steroid dienone is 1. The molecule has 1 aliphatic carbocycles. The molecule has 7 nitrogen and oxygen atoms in total. The van der Waals surface area contributed by atoms with Crippen LogP contribution in [0.2, 0.25) is 0 Å². The molecule has 8 heteroatoms. The summed E-state index contributed by atoms with van der Waals surface area (Å²) in [7, 11) is 1.63. The third kappa shape index (κ3) is 6.59. The number of ether oxygens (including phenoxy) is 1. The fourth-order valence-corrected chi connectivity index (χ4v) is 5.47. The van der Waals surface area contributed by atoms with Gasteiger partial charge in [0.25, 0.3) is 5.91 Å². The summed E-state index contributed by atoms with van der Waals surface area (Å²) in [4.78, 5) is 31.6. The van der Waals surface area contributed by atoms with Crippen LogP contribution in [0.15, 0.2) is 41.3 Å². The van der Waals surface area contributed by atoms with Crippen molar-refractivity contribution in [3.63, 3.8) is 0 Å². The van der Waals surface area contributed by atoms with Gasteiger partial charge in [0.15, 0.2) is 0 Å². The van der Waals surface area contributed by atoms with Gasteiger partial charge >= 0.3 is 6.03 Å². The summed E-state index contributed by atoms with van der Waals surface area (Å²) < 4.78 is 5.16. The van der Waals surface area contributed by atoms with Crippen molar-refractivity contribution in [3.8, 4) is 5.75 Å². The van der Waals surface area contributed by atoms with Crippen molar-refractivity contribution in [1.29, 1.82) is 0 Å². The molecule has 0 bridgehead atoms. The second kappa shape index (κ2) is 12.0. The number of amides is 3. The molecule has 3 amide bonds. The lowest BCUT2D eigenvalue weighted by molar-refractivity contribution is 0.0946. The molecule has 182 valence electrons. The van der Waals surface area contributed by atoms with Crippen LogP contribution >= 0.6 is 11.3 Å². The van der Waals surface area contributed by atoms with Crippen LogP contribution in [0.3, 0.4) is 0 Å². The first-order valence-corrected chi connectivity index (χ1v) is 13.1. The summed E-state index contributed by atoms with van der Waals surface area (Å²) in [5.74, 6) is 0.924. The van der Waals surface area contributed by atoms with Gasteiger partial charge in [-0.2, -0.15) is 0 Å². The first-order chi connectivity index (χ1) is 16.6. The number of hydrogen-bond acceptors (Lipinski definition) is 5. The summed E-state index contributed by atoms with van der Waals surface area (Å²) in [6.45, 7) is 2.60. The van der Waals surface area contributed by atoms with E-state index in [-0.39, 0.29) is 11.9 Å². The third-order valence-corrected chi connectivity index (χ3v) is 7.61. The molecule has 2 N–H and O–H groups in total. The zero-order chi connectivity index (χ0) is 23.8. The molecule has 2 aliphatic rings. The summed E-state index contributed by atoms with van der Waals surface area (Å²) in [6.07, 6.45) is 9.97. The second-order valence-corrected chi connectivity index (χ2v) is 9.84. The third-order valence-electron chi connectivity index (χ3n) is 6.61. The molecule has 0 radical (unpaired) electrons. The standard InChI is InChI=1S/C26H34N4O3S/c1-33-22-9-7-20(8-10-22)17-28-24(31)23-18-34-25(29-23)21-12-15-30(16-13-21)26(32)27-14-11-19-5-3-2-4-6-19/h5,7-10,18,21H,2-4,6,11-17H2,1H3,(H,27,32)(H,28,31). The SMILES string of the molecule is COc1ccc(CNC(=O)c2csc(C3CCN(C(=O)NCCC4=CCCCC4)CC3)n2)cc1. The number of nitrogens with zero attached hydrogens (tertiary/aromatic N) is 2. The van der Waals surface area contributed by atoms with E-state index in [1.807, 2.05) is 34.5 Å². The maximum absolute atomic E-state index is 12.5. The van der Waals surface area contributed by atoms with Gasteiger partial charge in [0.2, 0.25) is 0 Å². The van der Waals surface area contributed by atoms with Gasteiger partial charge in [-0.25, -0.2) is 9.78 Å². The van der Waals surface area contributed by atoms with Gasteiger partial charge in [-0.15, -0.1) is 11.3 Å². The number of hydrogen-bond donors (Lipinski definition) is 2. The monoisotopic (exact) mass is 482 g/mol. The quantitative estimate of drug-likeness (QED) is 0.526. The Morgan fingerprint density at radius 1 is 1.15 bits per heavy atom. The highest BCUT2D eigenvalue weighted by atomic mass is 32.1. The van der Waals surface area contributed by atoms with Crippen LogP contribution in [0.5, 0.6) is 5.75 Å². The van der Waals surface area contributed by atoms with Crippen molar-refractivity contribution in [1.82, 2.24) is 20.5 Å². The molecule has 0 spiro atoms. The zero-order valence-electron chi connectivity index (χ0n) is 19.8. The zero-order valence-corrected chi connectivity index (χ0v) is 20.7. The predicted octanol–water partition coefficient (Wildman–Crippen LogP) is 4.86. The van der Waals surface area contributed by atoms with Crippen molar-refractivity contribution in [2.45, 2.75) is 57.4 Å². The van der Waals surface area contributed by atoms with E-state index in [9.17, 15) is 9.59 Å². The Morgan fingerprint density at radius 2 is 1.94 bits per heavy atom. The molecule has 1 aliphatic heterocycles. The lowest BCUT2D eigenvalue weighted by Gasteiger charge is -2.31. The van der Waals surface area contributed by atoms with Gasteiger partial charge in [0.05, 0.1) is 12.1 Å². The minimum Gasteiger partial charge on any atom is -0.497 e. The Morgan fingerprint density at radius 3 is 2.65 bits per heavy atom. The van der Waals surface area contributed by atoms with Gasteiger partial charge in [0.1, 0.15) is 11.4 Å². The summed E-state index contributed by atoms with van der Waals surface area (Å²) in [6, 6.07) is 7.66. The van der Waals surface area contributed by atoms with Crippen LogP contribution in [-0.4, -0.2) is 48.6 Å². The Balaban J connectivity index is 1.19. The van der Waals surface area contributed by atoms with Gasteiger partial charge in [-0.1, -0.05) is 23.8 Å². The summed E-state index contributed by atoms with van der Waals surface area (Å²) in [5.41, 5.74) is 2.95. The molecule has 1 aromatic carbocycles. The Kier molecular flexibility index (Phi) is 8.57. The van der Waals surface area contributed by atoms with E-state index in [1.165, 1.54) is 42.6 Å². The molecule has 2 aromatic rings. The summed E-state index contributed by atoms with van der Waals surface area (Å²) >= 11 is 1.54. The summed E-state index contributed by atoms with van der Waals surface area (Å²) in [5, 5.41) is 8.83. The molecule has 0 saturated carbocycles. The molecular weight excluding hydrogens is 448 g/mol. The van der Waals surface area contributed by atoms with Crippen LogP contribution in [0.4, 0.5) is 4.79 Å². The number of benzene rings is 1. The molecule has 4 rings (SSSR count). The highest BCUT2D eigenvalue weighted by Crippen LogP contribution is 2.30. The predicted molar refractivity (Wildman–Crippen MR) is 134 cm³/mol. The molecule has 34 heavy (non-hydrogen) atoms. The lowest BCUT2D eigenvalue weighted by atomic mass is 9.97. The average Bonchev–Trinajstić information content (AvgIpc) is 3.39. The number of nitrogens with one attached hydrogen (secondary N) is 2. The number of piperidine rings is 1. The maximum atomic E-state index is 12.5. The Hall–Kier alpha value is -2.87. The van der Waals surface area contributed by atoms with E-state index in [2.05, 4.69) is 21.7 Å². The normalized spacial score (nSPS) is 16.6. The Labute approximate surface area is 205 Å². The molecule has 1 saturated heterocycles. The van der Waals surface area contributed by atoms with E-state index in [0.717, 1.165) is 48.7 Å². The smallest absolute Gasteiger partial charge is 0.317 e. The minimum atomic E-state index is -0.164. The van der Waals surface area contributed by atoms with Crippen LogP contribution in [0, 0.1) is 0 Å². The van der Waals surface area contributed by atoms with Gasteiger partial charge in [-0.05, 0) is 62.6 Å². The topological polar surface area (TPSA) is 83.6 Å². The van der Waals surface area contributed by atoms with Crippen molar-refractivity contribution < 1.29 is 14.3 Å². The number of aromatic nitrogens is 1. The molecule has 0 atom stereocenters. The van der Waals surface area contributed by atoms with E-state index in [4.69, 9.17) is 4.74 Å². The van der Waals surface area contributed by atoms with Crippen LogP contribution in [-0.2, 0) is 6.54 Å². The number of carbonyl (C=O) groups is 2. The number of thiazole rings is 1. The average molecular weight is 483 g/mol. The van der Waals surface area contributed by atoms with Gasteiger partial charge in [-0.3, -0.25) is 4.79 Å². The minimum absolute atomic E-state index is 0.0348. The number of carbonyl (C=O) groups excluding carboxylic acids is 2. The van der Waals surface area contributed by atoms with E-state index >= 15 is 0 Å². The van der Waals surface area contributed by atoms with Crippen LogP contribution < -0.4 is 15.4 Å². The van der Waals surface area contributed by atoms with Crippen molar-refractivity contribution in [2.75, 3.05) is 26.7 Å². The highest BCUT2D eigenvalue weighted by molar-refractivity contribution is 7.09. The fourth-order valence-electron chi connectivity index (χ4n) is 4.50. The number of methoxy groups -OCH3 is 1. The van der Waals surface area contributed by atoms with Crippen LogP contribution in [0.1, 0.15) is 71.9 Å². The van der Waals surface area contributed by atoms with Crippen molar-refractivity contribution in [3.05, 3.63) is 57.6 Å². The van der Waals surface area contributed by atoms with E-state index in [1.54, 1.807) is 7.11 Å². The first-order valence-electron chi connectivity index (χ1n) is 12.2. The van der Waals surface area contributed by atoms with E-state index in [0.29, 0.717) is 24.7 Å². The number of rotatable bonds is 8. The molecule has 0 unspecified atom stereocenters. The fraction of sp³-hybridized carbons (Fsp3) is 0.500. The lowest BCUT2D eigenvalue weighted by Crippen LogP contribution is -2.44. The molecular formula is C26H34N4O3S. The molecule has 1 fully saturated rings. The Bertz CT molecular complexity index is 994. The highest BCUT2D eigenvalue weighted by Gasteiger charge is 2.26. The van der Waals surface area contributed by atoms with Crippen LogP contribution in [0.25, 0.3) is 0 Å².